The Morgan fingerprint density at radius 2 is 1.88 bits per heavy atom. The fourth-order valence-electron chi connectivity index (χ4n) is 3.12. The first-order valence-corrected chi connectivity index (χ1v) is 7.93. The highest BCUT2D eigenvalue weighted by molar-refractivity contribution is 6.11. The van der Waals surface area contributed by atoms with Crippen molar-refractivity contribution in [3.05, 3.63) is 59.7 Å². The number of carbonyl (C=O) groups is 3. The van der Waals surface area contributed by atoms with E-state index >= 15 is 0 Å². The standard InChI is InChI=1S/C18H18FN3O3/c1-3-18(12-6-8-13(19)9-7-12)16(24)22(17(25)20-18)11-15(23)14-5-4-10-21(14)2/h4-10H,3,11H2,1-2H3,(H,20,25)/t18-/m1/s1. The van der Waals surface area contributed by atoms with Crippen LogP contribution >= 0.6 is 0 Å². The number of aromatic nitrogens is 1. The maximum atomic E-state index is 13.2. The summed E-state index contributed by atoms with van der Waals surface area (Å²) >= 11 is 0. The topological polar surface area (TPSA) is 71.4 Å². The van der Waals surface area contributed by atoms with Crippen molar-refractivity contribution in [1.29, 1.82) is 0 Å². The predicted molar refractivity (Wildman–Crippen MR) is 88.4 cm³/mol. The van der Waals surface area contributed by atoms with Crippen molar-refractivity contribution >= 4 is 17.7 Å². The van der Waals surface area contributed by atoms with Crippen LogP contribution in [0.25, 0.3) is 0 Å². The molecule has 0 aliphatic carbocycles. The number of imide groups is 1. The number of hydrogen-bond donors (Lipinski definition) is 1. The zero-order valence-electron chi connectivity index (χ0n) is 14.0. The summed E-state index contributed by atoms with van der Waals surface area (Å²) in [7, 11) is 1.72. The molecule has 0 unspecified atom stereocenters. The van der Waals surface area contributed by atoms with E-state index in [1.165, 1.54) is 24.3 Å². The Kier molecular flexibility index (Phi) is 4.16. The minimum atomic E-state index is -1.28. The van der Waals surface area contributed by atoms with Crippen molar-refractivity contribution in [1.82, 2.24) is 14.8 Å². The minimum absolute atomic E-state index is 0.290. The molecule has 2 aromatic rings. The zero-order valence-corrected chi connectivity index (χ0v) is 14.0. The van der Waals surface area contributed by atoms with Crippen LogP contribution in [-0.2, 0) is 17.4 Å². The fourth-order valence-corrected chi connectivity index (χ4v) is 3.12. The summed E-state index contributed by atoms with van der Waals surface area (Å²) in [6.07, 6.45) is 2.01. The Balaban J connectivity index is 1.89. The molecule has 0 saturated carbocycles. The van der Waals surface area contributed by atoms with E-state index in [4.69, 9.17) is 0 Å². The molecule has 0 radical (unpaired) electrons. The van der Waals surface area contributed by atoms with Crippen molar-refractivity contribution in [3.63, 3.8) is 0 Å². The molecule has 7 heteroatoms. The van der Waals surface area contributed by atoms with Crippen LogP contribution in [0.1, 0.15) is 29.4 Å². The van der Waals surface area contributed by atoms with Gasteiger partial charge in [0.1, 0.15) is 11.4 Å². The van der Waals surface area contributed by atoms with E-state index in [2.05, 4.69) is 5.32 Å². The number of carbonyl (C=O) groups excluding carboxylic acids is 3. The normalized spacial score (nSPS) is 20.0. The lowest BCUT2D eigenvalue weighted by molar-refractivity contribution is -0.131. The van der Waals surface area contributed by atoms with Crippen LogP contribution in [0, 0.1) is 5.82 Å². The highest BCUT2D eigenvalue weighted by atomic mass is 19.1. The van der Waals surface area contributed by atoms with Crippen LogP contribution in [0.4, 0.5) is 9.18 Å². The van der Waals surface area contributed by atoms with Crippen LogP contribution < -0.4 is 5.32 Å². The van der Waals surface area contributed by atoms with Gasteiger partial charge in [0.15, 0.2) is 5.78 Å². The van der Waals surface area contributed by atoms with Crippen LogP contribution in [0.15, 0.2) is 42.6 Å². The summed E-state index contributed by atoms with van der Waals surface area (Å²) in [4.78, 5) is 38.6. The Labute approximate surface area is 144 Å². The zero-order chi connectivity index (χ0) is 18.2. The quantitative estimate of drug-likeness (QED) is 0.668. The maximum absolute atomic E-state index is 13.2. The Bertz CT molecular complexity index is 844. The number of urea groups is 1. The number of amides is 3. The second kappa shape index (κ2) is 6.16. The van der Waals surface area contributed by atoms with Crippen LogP contribution in [0.2, 0.25) is 0 Å². The molecule has 6 nitrogen and oxygen atoms in total. The summed E-state index contributed by atoms with van der Waals surface area (Å²) in [5, 5.41) is 2.67. The molecule has 130 valence electrons. The lowest BCUT2D eigenvalue weighted by atomic mass is 9.87. The molecule has 0 spiro atoms. The van der Waals surface area contributed by atoms with Crippen molar-refractivity contribution in [2.24, 2.45) is 7.05 Å². The summed E-state index contributed by atoms with van der Waals surface area (Å²) in [6.45, 7) is 1.41. The monoisotopic (exact) mass is 343 g/mol. The van der Waals surface area contributed by atoms with Crippen molar-refractivity contribution in [3.8, 4) is 0 Å². The summed E-state index contributed by atoms with van der Waals surface area (Å²) < 4.78 is 14.8. The average molecular weight is 343 g/mol. The first-order valence-electron chi connectivity index (χ1n) is 7.93. The van der Waals surface area contributed by atoms with Gasteiger partial charge in [0.05, 0.1) is 12.2 Å². The smallest absolute Gasteiger partial charge is 0.325 e. The van der Waals surface area contributed by atoms with Gasteiger partial charge in [-0.1, -0.05) is 19.1 Å². The summed E-state index contributed by atoms with van der Waals surface area (Å²) in [6, 6.07) is 8.15. The number of halogens is 1. The van der Waals surface area contributed by atoms with Crippen molar-refractivity contribution < 1.29 is 18.8 Å². The van der Waals surface area contributed by atoms with Gasteiger partial charge < -0.3 is 9.88 Å². The molecule has 2 heterocycles. The van der Waals surface area contributed by atoms with E-state index in [-0.39, 0.29) is 18.7 Å². The first-order chi connectivity index (χ1) is 11.9. The average Bonchev–Trinajstić information content (AvgIpc) is 3.12. The summed E-state index contributed by atoms with van der Waals surface area (Å²) in [5.41, 5.74) is -0.376. The van der Waals surface area contributed by atoms with Gasteiger partial charge >= 0.3 is 6.03 Å². The van der Waals surface area contributed by atoms with Gasteiger partial charge in [-0.2, -0.15) is 0 Å². The number of benzene rings is 1. The third-order valence-electron chi connectivity index (χ3n) is 4.57. The SMILES string of the molecule is CC[C@]1(c2ccc(F)cc2)NC(=O)N(CC(=O)c2cccn2C)C1=O. The molecule has 25 heavy (non-hydrogen) atoms. The number of nitrogens with one attached hydrogen (secondary N) is 1. The molecular formula is C18H18FN3O3. The highest BCUT2D eigenvalue weighted by Gasteiger charge is 2.51. The van der Waals surface area contributed by atoms with Crippen LogP contribution in [0.3, 0.4) is 0 Å². The fraction of sp³-hybridized carbons (Fsp3) is 0.278. The largest absolute Gasteiger partial charge is 0.348 e. The third kappa shape index (κ3) is 2.71. The molecule has 1 N–H and O–H groups in total. The van der Waals surface area contributed by atoms with Gasteiger partial charge in [-0.05, 0) is 36.2 Å². The van der Waals surface area contributed by atoms with Crippen LogP contribution in [-0.4, -0.2) is 33.7 Å². The lowest BCUT2D eigenvalue weighted by Crippen LogP contribution is -2.44. The Morgan fingerprint density at radius 1 is 1.20 bits per heavy atom. The second-order valence-corrected chi connectivity index (χ2v) is 6.01. The number of aryl methyl sites for hydroxylation is 1. The molecule has 1 aliphatic rings. The molecular weight excluding hydrogens is 325 g/mol. The Morgan fingerprint density at radius 3 is 2.44 bits per heavy atom. The highest BCUT2D eigenvalue weighted by Crippen LogP contribution is 2.32. The van der Waals surface area contributed by atoms with Gasteiger partial charge in [-0.3, -0.25) is 14.5 Å². The molecule has 0 bridgehead atoms. The molecule has 3 amide bonds. The summed E-state index contributed by atoms with van der Waals surface area (Å²) in [5.74, 6) is -1.27. The van der Waals surface area contributed by atoms with E-state index in [0.29, 0.717) is 11.3 Å². The molecule has 1 aromatic carbocycles. The van der Waals surface area contributed by atoms with Gasteiger partial charge in [0, 0.05) is 13.2 Å². The predicted octanol–water partition coefficient (Wildman–Crippen LogP) is 2.20. The second-order valence-electron chi connectivity index (χ2n) is 6.01. The van der Waals surface area contributed by atoms with Crippen LogP contribution in [0.5, 0.6) is 0 Å². The van der Waals surface area contributed by atoms with Crippen molar-refractivity contribution in [2.75, 3.05) is 6.54 Å². The molecule has 3 rings (SSSR count). The molecule has 1 aliphatic heterocycles. The van der Waals surface area contributed by atoms with Gasteiger partial charge in [0.2, 0.25) is 0 Å². The van der Waals surface area contributed by atoms with Gasteiger partial charge in [-0.15, -0.1) is 0 Å². The van der Waals surface area contributed by atoms with E-state index < -0.39 is 23.3 Å². The number of rotatable bonds is 5. The molecule has 1 fully saturated rings. The third-order valence-corrected chi connectivity index (χ3v) is 4.57. The lowest BCUT2D eigenvalue weighted by Gasteiger charge is -2.25. The molecule has 1 aromatic heterocycles. The van der Waals surface area contributed by atoms with E-state index in [1.807, 2.05) is 0 Å². The number of ketones is 1. The number of Topliss-reactive ketones (excluding diaryl/α,β-unsaturated/α-hetero) is 1. The minimum Gasteiger partial charge on any atom is -0.348 e. The first kappa shape index (κ1) is 16.9. The maximum Gasteiger partial charge on any atom is 0.325 e. The number of nitrogens with zero attached hydrogens (tertiary/aromatic N) is 2. The molecule has 1 atom stereocenters. The van der Waals surface area contributed by atoms with E-state index in [0.717, 1.165) is 4.90 Å². The van der Waals surface area contributed by atoms with Crippen molar-refractivity contribution in [2.45, 2.75) is 18.9 Å². The van der Waals surface area contributed by atoms with E-state index in [1.54, 1.807) is 36.9 Å². The van der Waals surface area contributed by atoms with E-state index in [9.17, 15) is 18.8 Å². The van der Waals surface area contributed by atoms with Gasteiger partial charge in [0.25, 0.3) is 5.91 Å². The van der Waals surface area contributed by atoms with Gasteiger partial charge in [-0.25, -0.2) is 9.18 Å². The Hall–Kier alpha value is -2.96. The molecule has 1 saturated heterocycles. The number of hydrogen-bond acceptors (Lipinski definition) is 3.